The molecule has 0 radical (unpaired) electrons. The van der Waals surface area contributed by atoms with Gasteiger partial charge in [0.05, 0.1) is 11.9 Å². The minimum atomic E-state index is -3.58. The summed E-state index contributed by atoms with van der Waals surface area (Å²) >= 11 is 0. The van der Waals surface area contributed by atoms with E-state index < -0.39 is 26.9 Å². The molecule has 0 amide bonds. The van der Waals surface area contributed by atoms with Crippen LogP contribution in [0.5, 0.6) is 5.75 Å². The minimum absolute atomic E-state index is 0.0390. The molecule has 1 fully saturated rings. The van der Waals surface area contributed by atoms with Crippen molar-refractivity contribution in [3.05, 3.63) is 64.7 Å². The third kappa shape index (κ3) is 5.47. The van der Waals surface area contributed by atoms with Crippen LogP contribution in [0, 0.1) is 17.6 Å². The van der Waals surface area contributed by atoms with Crippen molar-refractivity contribution in [3.8, 4) is 5.75 Å². The van der Waals surface area contributed by atoms with Crippen LogP contribution in [0.1, 0.15) is 48.3 Å². The summed E-state index contributed by atoms with van der Waals surface area (Å²) in [5.41, 5.74) is 2.92. The summed E-state index contributed by atoms with van der Waals surface area (Å²) in [5.74, 6) is -0.301. The summed E-state index contributed by atoms with van der Waals surface area (Å²) in [4.78, 5) is 0. The summed E-state index contributed by atoms with van der Waals surface area (Å²) in [6.45, 7) is 0.269. The van der Waals surface area contributed by atoms with Crippen LogP contribution in [-0.4, -0.2) is 33.4 Å². The van der Waals surface area contributed by atoms with E-state index in [-0.39, 0.29) is 24.5 Å². The van der Waals surface area contributed by atoms with Crippen LogP contribution in [0.3, 0.4) is 0 Å². The zero-order valence-electron chi connectivity index (χ0n) is 18.2. The molecule has 3 N–H and O–H groups in total. The second-order valence-corrected chi connectivity index (χ2v) is 10.8. The average Bonchev–Trinajstić information content (AvgIpc) is 3.54. The first-order valence-corrected chi connectivity index (χ1v) is 12.7. The normalized spacial score (nSPS) is 21.8. The number of fused-ring (bicyclic) bond motifs is 1. The highest BCUT2D eigenvalue weighted by molar-refractivity contribution is 7.89. The number of benzene rings is 2. The smallest absolute Gasteiger partial charge is 0.212 e. The minimum Gasteiger partial charge on any atom is -0.494 e. The standard InChI is InChI=1S/C24H30F2N2O3S/c1-28-23-7-5-16-4-6-20(31-9-8-24(17-2-3-17)32(27,29)30)14-21(16)22(23)12-15-10-18(25)13-19(26)11-15/h4,6,10-11,13-14,17,22-24,28H,2-3,5,7-9,12H2,1H3,(H2,27,29,30). The lowest BCUT2D eigenvalue weighted by atomic mass is 9.76. The first-order chi connectivity index (χ1) is 15.2. The molecular formula is C24H30F2N2O3S. The van der Waals surface area contributed by atoms with Crippen molar-refractivity contribution < 1.29 is 21.9 Å². The summed E-state index contributed by atoms with van der Waals surface area (Å²) in [6, 6.07) is 9.75. The van der Waals surface area contributed by atoms with Gasteiger partial charge in [-0.2, -0.15) is 0 Å². The molecule has 2 aliphatic carbocycles. The third-order valence-corrected chi connectivity index (χ3v) is 8.18. The quantitative estimate of drug-likeness (QED) is 0.594. The van der Waals surface area contributed by atoms with Gasteiger partial charge in [0.1, 0.15) is 17.4 Å². The maximum absolute atomic E-state index is 13.7. The van der Waals surface area contributed by atoms with Gasteiger partial charge in [0, 0.05) is 18.0 Å². The Labute approximate surface area is 188 Å². The highest BCUT2D eigenvalue weighted by Crippen LogP contribution is 2.38. The number of halogens is 2. The van der Waals surface area contributed by atoms with Crippen molar-refractivity contribution in [3.63, 3.8) is 0 Å². The fraction of sp³-hybridized carbons (Fsp3) is 0.500. The second kappa shape index (κ2) is 9.45. The summed E-state index contributed by atoms with van der Waals surface area (Å²) in [7, 11) is -1.68. The maximum Gasteiger partial charge on any atom is 0.212 e. The molecule has 2 aromatic rings. The Morgan fingerprint density at radius 1 is 1.12 bits per heavy atom. The largest absolute Gasteiger partial charge is 0.494 e. The van der Waals surface area contributed by atoms with Crippen LogP contribution in [-0.2, 0) is 22.9 Å². The molecular weight excluding hydrogens is 434 g/mol. The molecule has 0 aliphatic heterocycles. The van der Waals surface area contributed by atoms with E-state index in [1.54, 1.807) is 0 Å². The number of ether oxygens (including phenoxy) is 1. The van der Waals surface area contributed by atoms with Crippen LogP contribution >= 0.6 is 0 Å². The van der Waals surface area contributed by atoms with Crippen LogP contribution in [0.25, 0.3) is 0 Å². The molecule has 32 heavy (non-hydrogen) atoms. The van der Waals surface area contributed by atoms with E-state index in [2.05, 4.69) is 5.32 Å². The van der Waals surface area contributed by atoms with Gasteiger partial charge in [0.15, 0.2) is 0 Å². The van der Waals surface area contributed by atoms with Gasteiger partial charge < -0.3 is 10.1 Å². The lowest BCUT2D eigenvalue weighted by Crippen LogP contribution is -2.37. The van der Waals surface area contributed by atoms with Gasteiger partial charge in [0.25, 0.3) is 0 Å². The average molecular weight is 465 g/mol. The van der Waals surface area contributed by atoms with Crippen molar-refractivity contribution in [2.45, 2.75) is 55.7 Å². The van der Waals surface area contributed by atoms with Crippen LogP contribution in [0.4, 0.5) is 8.78 Å². The first-order valence-electron chi connectivity index (χ1n) is 11.1. The Morgan fingerprint density at radius 3 is 2.47 bits per heavy atom. The molecule has 0 heterocycles. The fourth-order valence-electron chi connectivity index (χ4n) is 4.97. The predicted octanol–water partition coefficient (Wildman–Crippen LogP) is 3.66. The number of primary sulfonamides is 1. The monoisotopic (exact) mass is 464 g/mol. The number of nitrogens with one attached hydrogen (secondary N) is 1. The third-order valence-electron chi connectivity index (χ3n) is 6.72. The lowest BCUT2D eigenvalue weighted by molar-refractivity contribution is 0.302. The molecule has 8 heteroatoms. The number of rotatable bonds is 9. The highest BCUT2D eigenvalue weighted by Gasteiger charge is 2.38. The van der Waals surface area contributed by atoms with Gasteiger partial charge >= 0.3 is 0 Å². The van der Waals surface area contributed by atoms with Gasteiger partial charge in [0.2, 0.25) is 10.0 Å². The summed E-state index contributed by atoms with van der Waals surface area (Å²) < 4.78 is 57.1. The molecule has 4 rings (SSSR count). The number of aryl methyl sites for hydroxylation is 1. The van der Waals surface area contributed by atoms with Gasteiger partial charge in [-0.1, -0.05) is 6.07 Å². The van der Waals surface area contributed by atoms with Gasteiger partial charge in [-0.15, -0.1) is 0 Å². The molecule has 1 saturated carbocycles. The SMILES string of the molecule is CNC1CCc2ccc(OCCC(C3CC3)S(N)(=O)=O)cc2C1Cc1cc(F)cc(F)c1. The fourth-order valence-corrected chi connectivity index (χ4v) is 6.21. The van der Waals surface area contributed by atoms with E-state index in [0.29, 0.717) is 24.2 Å². The molecule has 3 atom stereocenters. The van der Waals surface area contributed by atoms with Crippen LogP contribution < -0.4 is 15.2 Å². The molecule has 2 aromatic carbocycles. The van der Waals surface area contributed by atoms with Crippen molar-refractivity contribution >= 4 is 10.0 Å². The molecule has 5 nitrogen and oxygen atoms in total. The molecule has 0 aromatic heterocycles. The topological polar surface area (TPSA) is 81.4 Å². The van der Waals surface area contributed by atoms with Crippen LogP contribution in [0.15, 0.2) is 36.4 Å². The zero-order chi connectivity index (χ0) is 22.9. The van der Waals surface area contributed by atoms with Crippen molar-refractivity contribution in [2.75, 3.05) is 13.7 Å². The maximum atomic E-state index is 13.7. The van der Waals surface area contributed by atoms with E-state index in [9.17, 15) is 17.2 Å². The lowest BCUT2D eigenvalue weighted by Gasteiger charge is -2.34. The number of hydrogen-bond acceptors (Lipinski definition) is 4. The van der Waals surface area contributed by atoms with Gasteiger partial charge in [-0.05, 0) is 92.4 Å². The van der Waals surface area contributed by atoms with Crippen molar-refractivity contribution in [1.82, 2.24) is 5.32 Å². The van der Waals surface area contributed by atoms with E-state index in [4.69, 9.17) is 9.88 Å². The van der Waals surface area contributed by atoms with Crippen molar-refractivity contribution in [2.24, 2.45) is 11.1 Å². The Hall–Kier alpha value is -2.03. The van der Waals surface area contributed by atoms with Crippen LogP contribution in [0.2, 0.25) is 0 Å². The highest BCUT2D eigenvalue weighted by atomic mass is 32.2. The van der Waals surface area contributed by atoms with Crippen molar-refractivity contribution in [1.29, 1.82) is 0 Å². The summed E-state index contributed by atoms with van der Waals surface area (Å²) in [6.07, 6.45) is 4.51. The molecule has 2 aliphatic rings. The van der Waals surface area contributed by atoms with Gasteiger partial charge in [-0.25, -0.2) is 22.3 Å². The number of likely N-dealkylation sites (N-methyl/N-ethyl adjacent to an activating group) is 1. The van der Waals surface area contributed by atoms with E-state index >= 15 is 0 Å². The molecule has 3 unspecified atom stereocenters. The molecule has 174 valence electrons. The molecule has 0 saturated heterocycles. The Bertz CT molecular complexity index is 1050. The molecule has 0 bridgehead atoms. The number of sulfonamides is 1. The Balaban J connectivity index is 1.51. The molecule has 0 spiro atoms. The first kappa shape index (κ1) is 23.1. The second-order valence-electron chi connectivity index (χ2n) is 8.98. The van der Waals surface area contributed by atoms with E-state index in [1.165, 1.54) is 17.7 Å². The Morgan fingerprint density at radius 2 is 1.84 bits per heavy atom. The number of hydrogen-bond donors (Lipinski definition) is 2. The Kier molecular flexibility index (Phi) is 6.83. The zero-order valence-corrected chi connectivity index (χ0v) is 19.0. The summed E-state index contributed by atoms with van der Waals surface area (Å²) in [5, 5.41) is 8.19. The van der Waals surface area contributed by atoms with E-state index in [0.717, 1.165) is 37.3 Å². The van der Waals surface area contributed by atoms with Gasteiger partial charge in [-0.3, -0.25) is 0 Å². The number of nitrogens with two attached hydrogens (primary N) is 1. The predicted molar refractivity (Wildman–Crippen MR) is 120 cm³/mol. The van der Waals surface area contributed by atoms with E-state index in [1.807, 2.05) is 25.2 Å².